The largest absolute Gasteiger partial charge is 0.255 e. The fraction of sp³-hybridized carbons (Fsp3) is 0.333. The van der Waals surface area contributed by atoms with E-state index in [-0.39, 0.29) is 0 Å². The van der Waals surface area contributed by atoms with Crippen molar-refractivity contribution >= 4 is 0 Å². The third-order valence-electron chi connectivity index (χ3n) is 2.46. The van der Waals surface area contributed by atoms with Gasteiger partial charge in [-0.2, -0.15) is 0 Å². The smallest absolute Gasteiger partial charge is 0.113 e. The van der Waals surface area contributed by atoms with E-state index in [1.54, 1.807) is 4.68 Å². The lowest BCUT2D eigenvalue weighted by Crippen LogP contribution is -1.91. The molecule has 0 aliphatic carbocycles. The number of nitrogens with zero attached hydrogens (tertiary/aromatic N) is 3. The molecule has 3 heteroatoms. The van der Waals surface area contributed by atoms with Gasteiger partial charge in [-0.25, -0.2) is 0 Å². The van der Waals surface area contributed by atoms with Gasteiger partial charge in [0.25, 0.3) is 0 Å². The molecule has 78 valence electrons. The standard InChI is InChI=1S/C12H15N3/c1-9(2)10-6-4-5-7-11(10)12-8-15(3)14-13-12/h4-9H,1-3H3. The summed E-state index contributed by atoms with van der Waals surface area (Å²) in [7, 11) is 1.88. The second-order valence-electron chi connectivity index (χ2n) is 4.02. The molecule has 0 amide bonds. The molecule has 3 nitrogen and oxygen atoms in total. The van der Waals surface area contributed by atoms with Crippen molar-refractivity contribution in [3.05, 3.63) is 36.0 Å². The average molecular weight is 201 g/mol. The molecule has 0 N–H and O–H groups in total. The minimum absolute atomic E-state index is 0.503. The van der Waals surface area contributed by atoms with Gasteiger partial charge in [-0.1, -0.05) is 43.3 Å². The Kier molecular flexibility index (Phi) is 2.54. The van der Waals surface area contributed by atoms with E-state index in [0.717, 1.165) is 5.69 Å². The van der Waals surface area contributed by atoms with Crippen molar-refractivity contribution in [2.75, 3.05) is 0 Å². The second kappa shape index (κ2) is 3.85. The van der Waals surface area contributed by atoms with Crippen LogP contribution in [0.25, 0.3) is 11.3 Å². The predicted octanol–water partition coefficient (Wildman–Crippen LogP) is 2.61. The zero-order valence-electron chi connectivity index (χ0n) is 9.31. The van der Waals surface area contributed by atoms with Crippen LogP contribution in [-0.4, -0.2) is 15.0 Å². The summed E-state index contributed by atoms with van der Waals surface area (Å²) in [5, 5.41) is 8.10. The third-order valence-corrected chi connectivity index (χ3v) is 2.46. The van der Waals surface area contributed by atoms with Crippen LogP contribution in [0.5, 0.6) is 0 Å². The van der Waals surface area contributed by atoms with Gasteiger partial charge in [-0.3, -0.25) is 4.68 Å². The zero-order chi connectivity index (χ0) is 10.8. The summed E-state index contributed by atoms with van der Waals surface area (Å²) in [6.07, 6.45) is 1.95. The van der Waals surface area contributed by atoms with E-state index in [2.05, 4.69) is 42.4 Å². The lowest BCUT2D eigenvalue weighted by molar-refractivity contribution is 0.715. The van der Waals surface area contributed by atoms with Gasteiger partial charge in [-0.15, -0.1) is 5.10 Å². The van der Waals surface area contributed by atoms with Crippen LogP contribution in [0.4, 0.5) is 0 Å². The van der Waals surface area contributed by atoms with Crippen LogP contribution in [0.1, 0.15) is 25.3 Å². The molecule has 0 spiro atoms. The maximum Gasteiger partial charge on any atom is 0.113 e. The Morgan fingerprint density at radius 3 is 2.53 bits per heavy atom. The SMILES string of the molecule is CC(C)c1ccccc1-c1cn(C)nn1. The van der Waals surface area contributed by atoms with Gasteiger partial charge in [0.15, 0.2) is 0 Å². The highest BCUT2D eigenvalue weighted by Crippen LogP contribution is 2.26. The second-order valence-corrected chi connectivity index (χ2v) is 4.02. The molecule has 1 aromatic heterocycles. The highest BCUT2D eigenvalue weighted by molar-refractivity contribution is 5.63. The summed E-state index contributed by atoms with van der Waals surface area (Å²) in [5.74, 6) is 0.503. The highest BCUT2D eigenvalue weighted by atomic mass is 15.4. The van der Waals surface area contributed by atoms with E-state index < -0.39 is 0 Å². The van der Waals surface area contributed by atoms with Crippen molar-refractivity contribution in [2.24, 2.45) is 7.05 Å². The van der Waals surface area contributed by atoms with Crippen LogP contribution >= 0.6 is 0 Å². The van der Waals surface area contributed by atoms with Crippen molar-refractivity contribution in [3.8, 4) is 11.3 Å². The first-order valence-corrected chi connectivity index (χ1v) is 5.14. The molecule has 0 aliphatic rings. The van der Waals surface area contributed by atoms with Crippen LogP contribution in [0, 0.1) is 0 Å². The number of aryl methyl sites for hydroxylation is 1. The molecule has 0 fully saturated rings. The molecule has 0 unspecified atom stereocenters. The van der Waals surface area contributed by atoms with Gasteiger partial charge >= 0.3 is 0 Å². The first kappa shape index (κ1) is 9.90. The van der Waals surface area contributed by atoms with E-state index in [4.69, 9.17) is 0 Å². The van der Waals surface area contributed by atoms with E-state index >= 15 is 0 Å². The quantitative estimate of drug-likeness (QED) is 0.747. The molecule has 2 rings (SSSR count). The summed E-state index contributed by atoms with van der Waals surface area (Å²) in [5.41, 5.74) is 3.44. The fourth-order valence-electron chi connectivity index (χ4n) is 1.70. The van der Waals surface area contributed by atoms with E-state index in [1.165, 1.54) is 11.1 Å². The lowest BCUT2D eigenvalue weighted by atomic mass is 9.96. The van der Waals surface area contributed by atoms with Crippen LogP contribution in [0.2, 0.25) is 0 Å². The maximum absolute atomic E-state index is 4.14. The molecule has 1 heterocycles. The Morgan fingerprint density at radius 2 is 1.93 bits per heavy atom. The summed E-state index contributed by atoms with van der Waals surface area (Å²) in [4.78, 5) is 0. The van der Waals surface area contributed by atoms with Gasteiger partial charge in [0.05, 0.1) is 6.20 Å². The summed E-state index contributed by atoms with van der Waals surface area (Å²) < 4.78 is 1.73. The van der Waals surface area contributed by atoms with Gasteiger partial charge in [0, 0.05) is 12.6 Å². The molecule has 1 aromatic carbocycles. The van der Waals surface area contributed by atoms with Crippen LogP contribution in [-0.2, 0) is 7.05 Å². The molecule has 0 saturated carbocycles. The average Bonchev–Trinajstić information content (AvgIpc) is 2.65. The Hall–Kier alpha value is -1.64. The molecular formula is C12H15N3. The maximum atomic E-state index is 4.14. The van der Waals surface area contributed by atoms with Gasteiger partial charge in [0.1, 0.15) is 5.69 Å². The molecule has 2 aromatic rings. The van der Waals surface area contributed by atoms with Gasteiger partial charge in [-0.05, 0) is 11.5 Å². The van der Waals surface area contributed by atoms with Crippen molar-refractivity contribution in [1.29, 1.82) is 0 Å². The highest BCUT2D eigenvalue weighted by Gasteiger charge is 2.09. The van der Waals surface area contributed by atoms with Crippen LogP contribution < -0.4 is 0 Å². The molecule has 0 saturated heterocycles. The fourth-order valence-corrected chi connectivity index (χ4v) is 1.70. The third kappa shape index (κ3) is 1.91. The zero-order valence-corrected chi connectivity index (χ0v) is 9.31. The van der Waals surface area contributed by atoms with Crippen molar-refractivity contribution < 1.29 is 0 Å². The van der Waals surface area contributed by atoms with Crippen molar-refractivity contribution in [1.82, 2.24) is 15.0 Å². The minimum Gasteiger partial charge on any atom is -0.255 e. The normalized spacial score (nSPS) is 10.9. The Balaban J connectivity index is 2.52. The number of benzene rings is 1. The van der Waals surface area contributed by atoms with E-state index in [1.807, 2.05) is 19.3 Å². The molecule has 0 bridgehead atoms. The lowest BCUT2D eigenvalue weighted by Gasteiger charge is -2.09. The van der Waals surface area contributed by atoms with Gasteiger partial charge in [0.2, 0.25) is 0 Å². The van der Waals surface area contributed by atoms with E-state index in [0.29, 0.717) is 5.92 Å². The molecule has 0 radical (unpaired) electrons. The molecule has 0 atom stereocenters. The molecule has 15 heavy (non-hydrogen) atoms. The molecule has 0 aliphatic heterocycles. The first-order valence-electron chi connectivity index (χ1n) is 5.14. The Bertz CT molecular complexity index is 457. The van der Waals surface area contributed by atoms with Crippen LogP contribution in [0.3, 0.4) is 0 Å². The van der Waals surface area contributed by atoms with Gasteiger partial charge < -0.3 is 0 Å². The van der Waals surface area contributed by atoms with Crippen molar-refractivity contribution in [3.63, 3.8) is 0 Å². The predicted molar refractivity (Wildman–Crippen MR) is 60.5 cm³/mol. The summed E-state index contributed by atoms with van der Waals surface area (Å²) in [6.45, 7) is 4.38. The first-order chi connectivity index (χ1) is 7.18. The Labute approximate surface area is 89.7 Å². The van der Waals surface area contributed by atoms with E-state index in [9.17, 15) is 0 Å². The minimum atomic E-state index is 0.503. The Morgan fingerprint density at radius 1 is 1.20 bits per heavy atom. The topological polar surface area (TPSA) is 30.7 Å². The summed E-state index contributed by atoms with van der Waals surface area (Å²) >= 11 is 0. The number of hydrogen-bond donors (Lipinski definition) is 0. The number of rotatable bonds is 2. The number of hydrogen-bond acceptors (Lipinski definition) is 2. The summed E-state index contributed by atoms with van der Waals surface area (Å²) in [6, 6.07) is 8.35. The van der Waals surface area contributed by atoms with Crippen LogP contribution in [0.15, 0.2) is 30.5 Å². The monoisotopic (exact) mass is 201 g/mol. The molecular weight excluding hydrogens is 186 g/mol. The number of aromatic nitrogens is 3. The van der Waals surface area contributed by atoms with Crippen molar-refractivity contribution in [2.45, 2.75) is 19.8 Å².